The number of sulfonamides is 1. The van der Waals surface area contributed by atoms with Gasteiger partial charge in [-0.05, 0) is 42.8 Å². The summed E-state index contributed by atoms with van der Waals surface area (Å²) in [5.41, 5.74) is 5.69. The number of carbonyl (C=O) groups is 3. The Morgan fingerprint density at radius 3 is 2.15 bits per heavy atom. The molecule has 9 heteroatoms. The second-order valence-corrected chi connectivity index (χ2v) is 7.67. The lowest BCUT2D eigenvalue weighted by Crippen LogP contribution is -2.40. The van der Waals surface area contributed by atoms with E-state index < -0.39 is 15.9 Å². The second kappa shape index (κ2) is 7.20. The smallest absolute Gasteiger partial charge is 0.261 e. The number of nitrogens with one attached hydrogen (secondary N) is 1. The zero-order valence-electron chi connectivity index (χ0n) is 14.2. The van der Waals surface area contributed by atoms with E-state index in [0.29, 0.717) is 12.1 Å². The van der Waals surface area contributed by atoms with Gasteiger partial charge in [0.05, 0.1) is 21.8 Å². The minimum atomic E-state index is -3.99. The largest absolute Gasteiger partial charge is 0.366 e. The van der Waals surface area contributed by atoms with E-state index >= 15 is 0 Å². The Balaban J connectivity index is 1.87. The van der Waals surface area contributed by atoms with Gasteiger partial charge in [0.25, 0.3) is 15.9 Å². The summed E-state index contributed by atoms with van der Waals surface area (Å²) in [6.45, 7) is 0. The van der Waals surface area contributed by atoms with Crippen LogP contribution in [0.2, 0.25) is 0 Å². The highest BCUT2D eigenvalue weighted by Crippen LogP contribution is 2.25. The van der Waals surface area contributed by atoms with Crippen molar-refractivity contribution in [2.75, 3.05) is 9.62 Å². The summed E-state index contributed by atoms with van der Waals surface area (Å²) in [6, 6.07) is 11.4. The van der Waals surface area contributed by atoms with Crippen LogP contribution in [0.15, 0.2) is 53.4 Å². The van der Waals surface area contributed by atoms with Gasteiger partial charge in [-0.25, -0.2) is 8.42 Å². The van der Waals surface area contributed by atoms with Gasteiger partial charge in [0, 0.05) is 12.8 Å². The fraction of sp³-hybridized carbons (Fsp3) is 0.167. The van der Waals surface area contributed by atoms with Crippen molar-refractivity contribution in [2.24, 2.45) is 5.73 Å². The number of hydrogen-bond acceptors (Lipinski definition) is 5. The van der Waals surface area contributed by atoms with Gasteiger partial charge in [0.2, 0.25) is 11.8 Å². The average molecular weight is 387 g/mol. The number of amides is 3. The molecule has 0 bridgehead atoms. The molecule has 1 aliphatic rings. The molecule has 2 aromatic carbocycles. The zero-order chi connectivity index (χ0) is 19.6. The molecule has 27 heavy (non-hydrogen) atoms. The van der Waals surface area contributed by atoms with Crippen molar-refractivity contribution in [1.82, 2.24) is 0 Å². The molecule has 3 rings (SSSR count). The Morgan fingerprint density at radius 1 is 0.963 bits per heavy atom. The van der Waals surface area contributed by atoms with Crippen LogP contribution >= 0.6 is 0 Å². The zero-order valence-corrected chi connectivity index (χ0v) is 15.0. The van der Waals surface area contributed by atoms with Gasteiger partial charge in [-0.3, -0.25) is 24.0 Å². The van der Waals surface area contributed by atoms with E-state index in [0.717, 1.165) is 4.90 Å². The molecule has 1 fully saturated rings. The molecule has 1 saturated heterocycles. The first-order chi connectivity index (χ1) is 12.8. The van der Waals surface area contributed by atoms with Crippen molar-refractivity contribution >= 4 is 39.1 Å². The summed E-state index contributed by atoms with van der Waals surface area (Å²) in [6.07, 6.45) is 1.07. The van der Waals surface area contributed by atoms with Crippen LogP contribution in [0.5, 0.6) is 0 Å². The highest BCUT2D eigenvalue weighted by atomic mass is 32.2. The summed E-state index contributed by atoms with van der Waals surface area (Å²) >= 11 is 0. The SMILES string of the molecule is NC(=O)c1ccccc1NS(=O)(=O)c1ccc(N2C(=O)CCCC2=O)cc1. The number of anilines is 2. The molecule has 0 atom stereocenters. The molecule has 0 saturated carbocycles. The fourth-order valence-electron chi connectivity index (χ4n) is 2.81. The Hall–Kier alpha value is -3.20. The first kappa shape index (κ1) is 18.6. The molecule has 0 aromatic heterocycles. The molecule has 1 aliphatic heterocycles. The monoisotopic (exact) mass is 387 g/mol. The third kappa shape index (κ3) is 3.82. The number of hydrogen-bond donors (Lipinski definition) is 2. The third-order valence-corrected chi connectivity index (χ3v) is 5.50. The van der Waals surface area contributed by atoms with Gasteiger partial charge in [0.15, 0.2) is 0 Å². The van der Waals surface area contributed by atoms with Crippen LogP contribution in [0.4, 0.5) is 11.4 Å². The van der Waals surface area contributed by atoms with E-state index in [1.807, 2.05) is 0 Å². The minimum Gasteiger partial charge on any atom is -0.366 e. The first-order valence-corrected chi connectivity index (χ1v) is 9.65. The number of rotatable bonds is 5. The maximum atomic E-state index is 12.6. The second-order valence-electron chi connectivity index (χ2n) is 5.99. The molecular weight excluding hydrogens is 370 g/mol. The number of nitrogens with two attached hydrogens (primary N) is 1. The highest BCUT2D eigenvalue weighted by molar-refractivity contribution is 7.92. The predicted molar refractivity (Wildman–Crippen MR) is 98.6 cm³/mol. The molecule has 3 amide bonds. The Morgan fingerprint density at radius 2 is 1.56 bits per heavy atom. The number of primary amides is 1. The number of piperidine rings is 1. The lowest BCUT2D eigenvalue weighted by atomic mass is 10.1. The molecule has 2 aromatic rings. The van der Waals surface area contributed by atoms with Crippen molar-refractivity contribution in [2.45, 2.75) is 24.2 Å². The van der Waals surface area contributed by atoms with E-state index in [-0.39, 0.29) is 40.8 Å². The van der Waals surface area contributed by atoms with Gasteiger partial charge in [-0.15, -0.1) is 0 Å². The van der Waals surface area contributed by atoms with Crippen LogP contribution in [0.1, 0.15) is 29.6 Å². The van der Waals surface area contributed by atoms with Crippen LogP contribution in [-0.4, -0.2) is 26.1 Å². The van der Waals surface area contributed by atoms with E-state index in [4.69, 9.17) is 5.73 Å². The fourth-order valence-corrected chi connectivity index (χ4v) is 3.89. The molecule has 0 radical (unpaired) electrons. The molecule has 0 aliphatic carbocycles. The molecular formula is C18H17N3O5S. The van der Waals surface area contributed by atoms with Gasteiger partial charge in [-0.1, -0.05) is 12.1 Å². The summed E-state index contributed by atoms with van der Waals surface area (Å²) in [5, 5.41) is 0. The molecule has 8 nitrogen and oxygen atoms in total. The van der Waals surface area contributed by atoms with Crippen LogP contribution in [0.3, 0.4) is 0 Å². The number of nitrogens with zero attached hydrogens (tertiary/aromatic N) is 1. The van der Waals surface area contributed by atoms with Crippen LogP contribution in [0.25, 0.3) is 0 Å². The molecule has 140 valence electrons. The summed E-state index contributed by atoms with van der Waals surface area (Å²) in [4.78, 5) is 36.3. The third-order valence-electron chi connectivity index (χ3n) is 4.12. The quantitative estimate of drug-likeness (QED) is 0.754. The van der Waals surface area contributed by atoms with E-state index in [1.54, 1.807) is 12.1 Å². The normalized spacial score (nSPS) is 14.9. The minimum absolute atomic E-state index is 0.0437. The Bertz CT molecular complexity index is 1000. The molecule has 0 spiro atoms. The topological polar surface area (TPSA) is 127 Å². The average Bonchev–Trinajstić information content (AvgIpc) is 2.62. The van der Waals surface area contributed by atoms with Gasteiger partial charge >= 0.3 is 0 Å². The lowest BCUT2D eigenvalue weighted by molar-refractivity contribution is -0.129. The van der Waals surface area contributed by atoms with Crippen molar-refractivity contribution in [1.29, 1.82) is 0 Å². The maximum Gasteiger partial charge on any atom is 0.261 e. The van der Waals surface area contributed by atoms with E-state index in [9.17, 15) is 22.8 Å². The lowest BCUT2D eigenvalue weighted by Gasteiger charge is -2.24. The summed E-state index contributed by atoms with van der Waals surface area (Å²) in [7, 11) is -3.99. The summed E-state index contributed by atoms with van der Waals surface area (Å²) < 4.78 is 27.5. The van der Waals surface area contributed by atoms with Gasteiger partial charge < -0.3 is 5.73 Å². The van der Waals surface area contributed by atoms with Crippen LogP contribution < -0.4 is 15.4 Å². The van der Waals surface area contributed by atoms with Crippen molar-refractivity contribution in [3.05, 3.63) is 54.1 Å². The number of para-hydroxylation sites is 1. The Kier molecular flexibility index (Phi) is 4.95. The predicted octanol–water partition coefficient (Wildman–Crippen LogP) is 1.63. The van der Waals surface area contributed by atoms with Crippen LogP contribution in [-0.2, 0) is 19.6 Å². The van der Waals surface area contributed by atoms with Crippen LogP contribution in [0, 0.1) is 0 Å². The van der Waals surface area contributed by atoms with E-state index in [2.05, 4.69) is 4.72 Å². The Labute approximate surface area is 156 Å². The van der Waals surface area contributed by atoms with Crippen molar-refractivity contribution < 1.29 is 22.8 Å². The summed E-state index contributed by atoms with van der Waals surface area (Å²) in [5.74, 6) is -1.38. The molecule has 3 N–H and O–H groups in total. The molecule has 0 unspecified atom stereocenters. The van der Waals surface area contributed by atoms with E-state index in [1.165, 1.54) is 36.4 Å². The van der Waals surface area contributed by atoms with Crippen molar-refractivity contribution in [3.8, 4) is 0 Å². The molecule has 1 heterocycles. The van der Waals surface area contributed by atoms with Crippen molar-refractivity contribution in [3.63, 3.8) is 0 Å². The highest BCUT2D eigenvalue weighted by Gasteiger charge is 2.27. The maximum absolute atomic E-state index is 12.6. The standard InChI is InChI=1S/C18H17N3O5S/c19-18(24)14-4-1-2-5-15(14)20-27(25,26)13-10-8-12(9-11-13)21-16(22)6-3-7-17(21)23/h1-2,4-5,8-11,20H,3,6-7H2,(H2,19,24). The number of carbonyl (C=O) groups excluding carboxylic acids is 3. The number of benzene rings is 2. The van der Waals surface area contributed by atoms with Gasteiger partial charge in [0.1, 0.15) is 0 Å². The first-order valence-electron chi connectivity index (χ1n) is 8.17. The number of imide groups is 1. The van der Waals surface area contributed by atoms with Gasteiger partial charge in [-0.2, -0.15) is 0 Å².